The summed E-state index contributed by atoms with van der Waals surface area (Å²) in [5, 5.41) is 10.3. The van der Waals surface area contributed by atoms with Crippen LogP contribution < -0.4 is 14.2 Å². The summed E-state index contributed by atoms with van der Waals surface area (Å²) in [5.74, 6) is 1.76. The fraction of sp³-hybridized carbons (Fsp3) is 0.647. The highest BCUT2D eigenvalue weighted by atomic mass is 16.5. The van der Waals surface area contributed by atoms with Crippen molar-refractivity contribution in [3.63, 3.8) is 0 Å². The molecule has 2 rings (SSSR count). The van der Waals surface area contributed by atoms with Crippen LogP contribution in [-0.2, 0) is 0 Å². The Kier molecular flexibility index (Phi) is 6.34. The Morgan fingerprint density at radius 3 is 2.50 bits per heavy atom. The van der Waals surface area contributed by atoms with E-state index in [1.807, 2.05) is 18.2 Å². The van der Waals surface area contributed by atoms with E-state index in [0.717, 1.165) is 6.54 Å². The summed E-state index contributed by atoms with van der Waals surface area (Å²) in [7, 11) is 3.18. The monoisotopic (exact) mass is 309 g/mol. The van der Waals surface area contributed by atoms with Crippen molar-refractivity contribution in [2.75, 3.05) is 33.9 Å². The number of rotatable bonds is 7. The molecule has 5 nitrogen and oxygen atoms in total. The number of para-hydroxylation sites is 1. The maximum Gasteiger partial charge on any atom is 0.203 e. The Labute approximate surface area is 132 Å². The first kappa shape index (κ1) is 16.9. The van der Waals surface area contributed by atoms with Gasteiger partial charge in [-0.05, 0) is 38.4 Å². The van der Waals surface area contributed by atoms with Gasteiger partial charge < -0.3 is 19.3 Å². The Hall–Kier alpha value is -1.46. The molecular formula is C17H27NO4. The number of nitrogens with zero attached hydrogens (tertiary/aromatic N) is 1. The van der Waals surface area contributed by atoms with Crippen molar-refractivity contribution < 1.29 is 19.3 Å². The first-order valence-corrected chi connectivity index (χ1v) is 7.91. The summed E-state index contributed by atoms with van der Waals surface area (Å²) >= 11 is 0. The van der Waals surface area contributed by atoms with Crippen molar-refractivity contribution in [1.29, 1.82) is 0 Å². The van der Waals surface area contributed by atoms with Crippen molar-refractivity contribution in [3.8, 4) is 17.2 Å². The number of likely N-dealkylation sites (tertiary alicyclic amines) is 1. The first-order valence-electron chi connectivity index (χ1n) is 7.91. The van der Waals surface area contributed by atoms with Gasteiger partial charge in [0.05, 0.1) is 14.2 Å². The lowest BCUT2D eigenvalue weighted by molar-refractivity contribution is 0.0424. The molecule has 0 saturated carbocycles. The molecule has 1 N–H and O–H groups in total. The number of piperidine rings is 1. The minimum absolute atomic E-state index is 0.222. The van der Waals surface area contributed by atoms with Gasteiger partial charge in [-0.1, -0.05) is 12.5 Å². The smallest absolute Gasteiger partial charge is 0.203 e. The van der Waals surface area contributed by atoms with E-state index in [4.69, 9.17) is 14.2 Å². The summed E-state index contributed by atoms with van der Waals surface area (Å²) in [6, 6.07) is 6.01. The van der Waals surface area contributed by atoms with Crippen LogP contribution in [0.5, 0.6) is 17.2 Å². The maximum absolute atomic E-state index is 10.3. The van der Waals surface area contributed by atoms with E-state index < -0.39 is 6.10 Å². The number of methoxy groups -OCH3 is 2. The normalized spacial score (nSPS) is 20.5. The zero-order valence-electron chi connectivity index (χ0n) is 13.7. The molecule has 0 spiro atoms. The third kappa shape index (κ3) is 4.27. The average Bonchev–Trinajstić information content (AvgIpc) is 2.54. The Balaban J connectivity index is 1.92. The molecule has 1 aliphatic rings. The van der Waals surface area contributed by atoms with Crippen LogP contribution in [0.25, 0.3) is 0 Å². The molecule has 124 valence electrons. The molecule has 1 fully saturated rings. The van der Waals surface area contributed by atoms with Crippen LogP contribution in [0.2, 0.25) is 0 Å². The Morgan fingerprint density at radius 1 is 1.23 bits per heavy atom. The predicted molar refractivity (Wildman–Crippen MR) is 85.9 cm³/mol. The van der Waals surface area contributed by atoms with Crippen LogP contribution in [0.15, 0.2) is 18.2 Å². The molecule has 1 aliphatic heterocycles. The van der Waals surface area contributed by atoms with Gasteiger partial charge in [-0.15, -0.1) is 0 Å². The second kappa shape index (κ2) is 8.25. The third-order valence-electron chi connectivity index (χ3n) is 4.19. The Bertz CT molecular complexity index is 444. The van der Waals surface area contributed by atoms with Crippen LogP contribution in [-0.4, -0.2) is 56.1 Å². The van der Waals surface area contributed by atoms with Gasteiger partial charge in [-0.3, -0.25) is 4.90 Å². The number of aliphatic hydroxyl groups excluding tert-OH is 1. The molecule has 22 heavy (non-hydrogen) atoms. The highest BCUT2D eigenvalue weighted by Crippen LogP contribution is 2.36. The van der Waals surface area contributed by atoms with Crippen molar-refractivity contribution in [2.24, 2.45) is 0 Å². The van der Waals surface area contributed by atoms with Gasteiger partial charge >= 0.3 is 0 Å². The van der Waals surface area contributed by atoms with Crippen LogP contribution >= 0.6 is 0 Å². The quantitative estimate of drug-likeness (QED) is 0.837. The number of hydrogen-bond donors (Lipinski definition) is 1. The molecule has 1 saturated heterocycles. The number of aliphatic hydroxyl groups is 1. The highest BCUT2D eigenvalue weighted by molar-refractivity contribution is 5.51. The molecular weight excluding hydrogens is 282 g/mol. The van der Waals surface area contributed by atoms with E-state index in [9.17, 15) is 5.11 Å². The summed E-state index contributed by atoms with van der Waals surface area (Å²) in [4.78, 5) is 2.33. The molecule has 1 heterocycles. The predicted octanol–water partition coefficient (Wildman–Crippen LogP) is 2.32. The molecule has 1 aromatic rings. The molecule has 0 radical (unpaired) electrons. The van der Waals surface area contributed by atoms with E-state index in [2.05, 4.69) is 11.8 Å². The van der Waals surface area contributed by atoms with Gasteiger partial charge in [0.15, 0.2) is 11.5 Å². The van der Waals surface area contributed by atoms with Gasteiger partial charge in [0.2, 0.25) is 5.75 Å². The van der Waals surface area contributed by atoms with E-state index in [-0.39, 0.29) is 6.61 Å². The van der Waals surface area contributed by atoms with E-state index >= 15 is 0 Å². The van der Waals surface area contributed by atoms with Crippen molar-refractivity contribution in [3.05, 3.63) is 18.2 Å². The van der Waals surface area contributed by atoms with Crippen LogP contribution in [0.1, 0.15) is 26.2 Å². The first-order chi connectivity index (χ1) is 10.7. The lowest BCUT2D eigenvalue weighted by atomic mass is 10.0. The second-order valence-corrected chi connectivity index (χ2v) is 5.80. The van der Waals surface area contributed by atoms with Crippen LogP contribution in [0, 0.1) is 0 Å². The molecule has 0 unspecified atom stereocenters. The van der Waals surface area contributed by atoms with Crippen LogP contribution in [0.3, 0.4) is 0 Å². The van der Waals surface area contributed by atoms with Crippen molar-refractivity contribution >= 4 is 0 Å². The van der Waals surface area contributed by atoms with E-state index in [1.165, 1.54) is 19.3 Å². The fourth-order valence-electron chi connectivity index (χ4n) is 2.89. The number of hydrogen-bond acceptors (Lipinski definition) is 5. The highest BCUT2D eigenvalue weighted by Gasteiger charge is 2.21. The van der Waals surface area contributed by atoms with Crippen molar-refractivity contribution in [2.45, 2.75) is 38.3 Å². The van der Waals surface area contributed by atoms with Gasteiger partial charge in [0.1, 0.15) is 12.7 Å². The Morgan fingerprint density at radius 2 is 1.91 bits per heavy atom. The summed E-state index contributed by atoms with van der Waals surface area (Å²) in [6.07, 6.45) is 3.16. The van der Waals surface area contributed by atoms with Crippen LogP contribution in [0.4, 0.5) is 0 Å². The SMILES string of the molecule is COc1cccc(OC)c1OC[C@@H](O)CN1CCCC[C@H]1C. The topological polar surface area (TPSA) is 51.2 Å². The lowest BCUT2D eigenvalue weighted by Gasteiger charge is -2.34. The van der Waals surface area contributed by atoms with Gasteiger partial charge in [-0.2, -0.15) is 0 Å². The average molecular weight is 309 g/mol. The summed E-state index contributed by atoms with van der Waals surface area (Å²) in [5.41, 5.74) is 0. The van der Waals surface area contributed by atoms with E-state index in [1.54, 1.807) is 14.2 Å². The molecule has 0 aliphatic carbocycles. The van der Waals surface area contributed by atoms with E-state index in [0.29, 0.717) is 29.8 Å². The standard InChI is InChI=1S/C17H27NO4/c1-13-7-4-5-10-18(13)11-14(19)12-22-17-15(20-2)8-6-9-16(17)21-3/h6,8-9,13-14,19H,4-5,7,10-12H2,1-3H3/t13-,14+/m1/s1. The molecule has 0 amide bonds. The zero-order chi connectivity index (χ0) is 15.9. The van der Waals surface area contributed by atoms with Crippen molar-refractivity contribution in [1.82, 2.24) is 4.90 Å². The number of β-amino-alcohol motifs (C(OH)–C–C–N with tert-alkyl or cyclic N) is 1. The fourth-order valence-corrected chi connectivity index (χ4v) is 2.89. The molecule has 5 heteroatoms. The largest absolute Gasteiger partial charge is 0.493 e. The van der Waals surface area contributed by atoms with Gasteiger partial charge in [-0.25, -0.2) is 0 Å². The molecule has 2 atom stereocenters. The molecule has 1 aromatic carbocycles. The maximum atomic E-state index is 10.3. The molecule has 0 bridgehead atoms. The number of ether oxygens (including phenoxy) is 3. The molecule has 0 aromatic heterocycles. The lowest BCUT2D eigenvalue weighted by Crippen LogP contribution is -2.43. The summed E-state index contributed by atoms with van der Waals surface area (Å²) < 4.78 is 16.3. The number of benzene rings is 1. The second-order valence-electron chi connectivity index (χ2n) is 5.80. The minimum Gasteiger partial charge on any atom is -0.493 e. The zero-order valence-corrected chi connectivity index (χ0v) is 13.7. The van der Waals surface area contributed by atoms with Gasteiger partial charge in [0, 0.05) is 12.6 Å². The third-order valence-corrected chi connectivity index (χ3v) is 4.19. The summed E-state index contributed by atoms with van der Waals surface area (Å²) in [6.45, 7) is 4.13. The minimum atomic E-state index is -0.532. The van der Waals surface area contributed by atoms with Gasteiger partial charge in [0.25, 0.3) is 0 Å².